The van der Waals surface area contributed by atoms with E-state index in [9.17, 15) is 18.2 Å². The topological polar surface area (TPSA) is 72.5 Å². The Kier molecular flexibility index (Phi) is 7.47. The maximum atomic E-state index is 13.2. The normalized spacial score (nSPS) is 12.8. The molecule has 1 amide bonds. The number of carbonyl (C=O) groups excluding carboxylic acids is 2. The standard InChI is InChI=1S/C19H20FNO4S/c1-25-19(23)17(10-11-26(24)16-8-3-2-4-9-16)21-18(22)13-14-6-5-7-15(20)12-14/h2-9,12,17H,10-11,13H2,1H3,(H,21,22)/t17-,26+/m0/s1. The van der Waals surface area contributed by atoms with Gasteiger partial charge < -0.3 is 10.1 Å². The zero-order valence-corrected chi connectivity index (χ0v) is 15.1. The second kappa shape index (κ2) is 9.82. The Morgan fingerprint density at radius 1 is 1.15 bits per heavy atom. The van der Waals surface area contributed by atoms with Crippen molar-refractivity contribution in [2.24, 2.45) is 0 Å². The molecule has 0 fully saturated rings. The summed E-state index contributed by atoms with van der Waals surface area (Å²) in [6.07, 6.45) is 0.107. The molecule has 0 heterocycles. The SMILES string of the molecule is COC(=O)[C@H](CC[S@@](=O)c1ccccc1)NC(=O)Cc1cccc(F)c1. The molecule has 5 nitrogen and oxygen atoms in total. The van der Waals surface area contributed by atoms with Crippen LogP contribution in [0.2, 0.25) is 0 Å². The van der Waals surface area contributed by atoms with Crippen molar-refractivity contribution in [3.05, 3.63) is 66.0 Å². The second-order valence-electron chi connectivity index (χ2n) is 5.60. The zero-order valence-electron chi connectivity index (χ0n) is 14.3. The first-order chi connectivity index (χ1) is 12.5. The molecule has 0 aliphatic carbocycles. The lowest BCUT2D eigenvalue weighted by Crippen LogP contribution is -2.43. The third kappa shape index (κ3) is 6.07. The first-order valence-corrected chi connectivity index (χ1v) is 9.36. The Bertz CT molecular complexity index is 782. The van der Waals surface area contributed by atoms with Gasteiger partial charge in [-0.05, 0) is 36.2 Å². The van der Waals surface area contributed by atoms with Crippen LogP contribution in [0, 0.1) is 5.82 Å². The van der Waals surface area contributed by atoms with Gasteiger partial charge in [0.05, 0.1) is 24.3 Å². The molecule has 26 heavy (non-hydrogen) atoms. The van der Waals surface area contributed by atoms with Crippen LogP contribution in [-0.2, 0) is 31.5 Å². The van der Waals surface area contributed by atoms with Gasteiger partial charge in [0.25, 0.3) is 0 Å². The number of hydrogen-bond acceptors (Lipinski definition) is 4. The van der Waals surface area contributed by atoms with Gasteiger partial charge >= 0.3 is 5.97 Å². The van der Waals surface area contributed by atoms with Crippen LogP contribution in [-0.4, -0.2) is 35.0 Å². The predicted octanol–water partition coefficient (Wildman–Crippen LogP) is 2.22. The van der Waals surface area contributed by atoms with E-state index in [-0.39, 0.29) is 18.6 Å². The Hall–Kier alpha value is -2.54. The molecule has 2 aromatic rings. The Labute approximate surface area is 154 Å². The zero-order chi connectivity index (χ0) is 18.9. The first-order valence-electron chi connectivity index (χ1n) is 8.04. The van der Waals surface area contributed by atoms with Gasteiger partial charge in [-0.3, -0.25) is 9.00 Å². The third-order valence-electron chi connectivity index (χ3n) is 3.67. The van der Waals surface area contributed by atoms with Gasteiger partial charge in [0, 0.05) is 10.6 Å². The summed E-state index contributed by atoms with van der Waals surface area (Å²) in [6, 6.07) is 13.7. The maximum Gasteiger partial charge on any atom is 0.328 e. The molecular weight excluding hydrogens is 357 g/mol. The molecule has 2 atom stereocenters. The monoisotopic (exact) mass is 377 g/mol. The molecule has 138 valence electrons. The van der Waals surface area contributed by atoms with Gasteiger partial charge in [-0.25, -0.2) is 9.18 Å². The van der Waals surface area contributed by atoms with Gasteiger partial charge in [0.15, 0.2) is 0 Å². The minimum atomic E-state index is -1.29. The highest BCUT2D eigenvalue weighted by Gasteiger charge is 2.22. The number of rotatable bonds is 8. The summed E-state index contributed by atoms with van der Waals surface area (Å²) in [6.45, 7) is 0. The van der Waals surface area contributed by atoms with E-state index in [1.54, 1.807) is 30.3 Å². The lowest BCUT2D eigenvalue weighted by molar-refractivity contribution is -0.145. The number of amides is 1. The number of carbonyl (C=O) groups is 2. The second-order valence-corrected chi connectivity index (χ2v) is 7.17. The van der Waals surface area contributed by atoms with E-state index in [0.717, 1.165) is 0 Å². The van der Waals surface area contributed by atoms with Crippen LogP contribution in [0.25, 0.3) is 0 Å². The van der Waals surface area contributed by atoms with Crippen molar-refractivity contribution in [2.45, 2.75) is 23.8 Å². The fourth-order valence-corrected chi connectivity index (χ4v) is 3.53. The quantitative estimate of drug-likeness (QED) is 0.716. The summed E-state index contributed by atoms with van der Waals surface area (Å²) in [7, 11) is -0.0626. The van der Waals surface area contributed by atoms with Crippen molar-refractivity contribution in [3.8, 4) is 0 Å². The van der Waals surface area contributed by atoms with E-state index in [2.05, 4.69) is 5.32 Å². The van der Waals surface area contributed by atoms with E-state index in [0.29, 0.717) is 10.5 Å². The van der Waals surface area contributed by atoms with Crippen molar-refractivity contribution in [1.82, 2.24) is 5.32 Å². The molecule has 0 spiro atoms. The predicted molar refractivity (Wildman–Crippen MR) is 96.4 cm³/mol. The molecule has 0 saturated heterocycles. The summed E-state index contributed by atoms with van der Waals surface area (Å²) >= 11 is 0. The van der Waals surface area contributed by atoms with Crippen LogP contribution >= 0.6 is 0 Å². The molecule has 0 aromatic heterocycles. The largest absolute Gasteiger partial charge is 0.467 e. The number of nitrogens with one attached hydrogen (secondary N) is 1. The summed E-state index contributed by atoms with van der Waals surface area (Å²) in [5.74, 6) is -1.28. The average Bonchev–Trinajstić information content (AvgIpc) is 2.64. The first kappa shape index (κ1) is 19.8. The van der Waals surface area contributed by atoms with Gasteiger partial charge in [0.1, 0.15) is 11.9 Å². The number of ether oxygens (including phenoxy) is 1. The molecule has 0 aliphatic rings. The van der Waals surface area contributed by atoms with E-state index >= 15 is 0 Å². The summed E-state index contributed by atoms with van der Waals surface area (Å²) in [5.41, 5.74) is 0.499. The molecule has 0 saturated carbocycles. The van der Waals surface area contributed by atoms with Crippen LogP contribution in [0.3, 0.4) is 0 Å². The summed E-state index contributed by atoms with van der Waals surface area (Å²) in [4.78, 5) is 24.7. The number of esters is 1. The van der Waals surface area contributed by atoms with Gasteiger partial charge in [-0.15, -0.1) is 0 Å². The molecule has 7 heteroatoms. The fourth-order valence-electron chi connectivity index (χ4n) is 2.38. The minimum absolute atomic E-state index is 0.0625. The average molecular weight is 377 g/mol. The highest BCUT2D eigenvalue weighted by atomic mass is 32.2. The van der Waals surface area contributed by atoms with Crippen molar-refractivity contribution in [2.75, 3.05) is 12.9 Å². The van der Waals surface area contributed by atoms with Gasteiger partial charge in [0.2, 0.25) is 5.91 Å². The molecule has 2 rings (SSSR count). The van der Waals surface area contributed by atoms with Gasteiger partial charge in [-0.1, -0.05) is 30.3 Å². The Morgan fingerprint density at radius 2 is 1.88 bits per heavy atom. The highest BCUT2D eigenvalue weighted by molar-refractivity contribution is 7.85. The van der Waals surface area contributed by atoms with Crippen molar-refractivity contribution in [3.63, 3.8) is 0 Å². The molecule has 0 bridgehead atoms. The van der Waals surface area contributed by atoms with Crippen LogP contribution in [0.15, 0.2) is 59.5 Å². The van der Waals surface area contributed by atoms with E-state index in [4.69, 9.17) is 4.74 Å². The van der Waals surface area contributed by atoms with Crippen molar-refractivity contribution >= 4 is 22.7 Å². The van der Waals surface area contributed by atoms with Crippen LogP contribution < -0.4 is 5.32 Å². The lowest BCUT2D eigenvalue weighted by Gasteiger charge is -2.16. The van der Waals surface area contributed by atoms with E-state index in [1.807, 2.05) is 6.07 Å². The number of hydrogen-bond donors (Lipinski definition) is 1. The van der Waals surface area contributed by atoms with E-state index < -0.39 is 34.5 Å². The van der Waals surface area contributed by atoms with E-state index in [1.165, 1.54) is 25.3 Å². The molecule has 2 aromatic carbocycles. The molecule has 0 unspecified atom stereocenters. The van der Waals surface area contributed by atoms with Crippen LogP contribution in [0.1, 0.15) is 12.0 Å². The van der Waals surface area contributed by atoms with Crippen molar-refractivity contribution < 1.29 is 22.9 Å². The summed E-state index contributed by atoms with van der Waals surface area (Å²) < 4.78 is 30.2. The number of benzene rings is 2. The molecule has 0 radical (unpaired) electrons. The fraction of sp³-hybridized carbons (Fsp3) is 0.263. The lowest BCUT2D eigenvalue weighted by atomic mass is 10.1. The van der Waals surface area contributed by atoms with Crippen molar-refractivity contribution in [1.29, 1.82) is 0 Å². The third-order valence-corrected chi connectivity index (χ3v) is 5.08. The minimum Gasteiger partial charge on any atom is -0.467 e. The summed E-state index contributed by atoms with van der Waals surface area (Å²) in [5, 5.41) is 2.57. The number of methoxy groups -OCH3 is 1. The number of halogens is 1. The highest BCUT2D eigenvalue weighted by Crippen LogP contribution is 2.09. The van der Waals surface area contributed by atoms with Crippen LogP contribution in [0.5, 0.6) is 0 Å². The van der Waals surface area contributed by atoms with Gasteiger partial charge in [-0.2, -0.15) is 0 Å². The Morgan fingerprint density at radius 3 is 2.54 bits per heavy atom. The molecular formula is C19H20FNO4S. The molecule has 0 aliphatic heterocycles. The van der Waals surface area contributed by atoms with Crippen LogP contribution in [0.4, 0.5) is 4.39 Å². The smallest absolute Gasteiger partial charge is 0.328 e. The maximum absolute atomic E-state index is 13.2. The molecule has 1 N–H and O–H groups in total. The Balaban J connectivity index is 1.95.